The smallest absolute Gasteiger partial charge is 0.220 e. The summed E-state index contributed by atoms with van der Waals surface area (Å²) in [6.07, 6.45) is 7.48. The van der Waals surface area contributed by atoms with Crippen molar-refractivity contribution in [2.75, 3.05) is 44.7 Å². The third-order valence-corrected chi connectivity index (χ3v) is 6.81. The number of amides is 1. The van der Waals surface area contributed by atoms with Crippen molar-refractivity contribution in [2.24, 2.45) is 5.92 Å². The summed E-state index contributed by atoms with van der Waals surface area (Å²) >= 11 is 0. The second-order valence-corrected chi connectivity index (χ2v) is 9.09. The molecule has 0 atom stereocenters. The lowest BCUT2D eigenvalue weighted by Gasteiger charge is -2.37. The first-order valence-electron chi connectivity index (χ1n) is 11.9. The molecule has 1 heterocycles. The average Bonchev–Trinajstić information content (AvgIpc) is 2.79. The molecule has 0 unspecified atom stereocenters. The largest absolute Gasteiger partial charge is 0.495 e. The fourth-order valence-corrected chi connectivity index (χ4v) is 4.85. The van der Waals surface area contributed by atoms with Gasteiger partial charge < -0.3 is 15.0 Å². The summed E-state index contributed by atoms with van der Waals surface area (Å²) < 4.78 is 5.57. The third-order valence-electron chi connectivity index (χ3n) is 6.81. The van der Waals surface area contributed by atoms with E-state index in [9.17, 15) is 4.79 Å². The van der Waals surface area contributed by atoms with Crippen LogP contribution in [-0.4, -0.2) is 56.7 Å². The van der Waals surface area contributed by atoms with Crippen molar-refractivity contribution in [3.8, 4) is 11.8 Å². The molecule has 0 bridgehead atoms. The molecule has 1 amide bonds. The zero-order valence-electron chi connectivity index (χ0n) is 19.2. The first-order chi connectivity index (χ1) is 15.1. The molecule has 6 heteroatoms. The Labute approximate surface area is 187 Å². The van der Waals surface area contributed by atoms with E-state index in [2.05, 4.69) is 46.3 Å². The molecular weight excluding hydrogens is 388 g/mol. The summed E-state index contributed by atoms with van der Waals surface area (Å²) in [4.78, 5) is 17.0. The number of piperazine rings is 1. The number of unbranched alkanes of at least 4 members (excludes halogenated alkanes) is 1. The molecule has 1 N–H and O–H groups in total. The van der Waals surface area contributed by atoms with Crippen molar-refractivity contribution in [1.82, 2.24) is 10.2 Å². The summed E-state index contributed by atoms with van der Waals surface area (Å²) in [5.41, 5.74) is 2.49. The maximum absolute atomic E-state index is 11.9. The molecule has 1 aliphatic heterocycles. The Morgan fingerprint density at radius 1 is 1.19 bits per heavy atom. The van der Waals surface area contributed by atoms with Crippen molar-refractivity contribution in [2.45, 2.75) is 64.3 Å². The predicted octanol–water partition coefficient (Wildman–Crippen LogP) is 3.88. The van der Waals surface area contributed by atoms with E-state index in [0.29, 0.717) is 25.3 Å². The van der Waals surface area contributed by atoms with E-state index in [0.717, 1.165) is 50.7 Å². The lowest BCUT2D eigenvalue weighted by molar-refractivity contribution is -0.122. The van der Waals surface area contributed by atoms with Crippen molar-refractivity contribution >= 4 is 11.6 Å². The molecule has 3 rings (SSSR count). The topological polar surface area (TPSA) is 68.6 Å². The normalized spacial score (nSPS) is 22.0. The summed E-state index contributed by atoms with van der Waals surface area (Å²) in [6.45, 7) is 7.61. The van der Waals surface area contributed by atoms with Gasteiger partial charge in [0.2, 0.25) is 5.91 Å². The van der Waals surface area contributed by atoms with Gasteiger partial charge in [0, 0.05) is 45.1 Å². The van der Waals surface area contributed by atoms with Gasteiger partial charge in [0.1, 0.15) is 5.75 Å². The van der Waals surface area contributed by atoms with Gasteiger partial charge in [-0.15, -0.1) is 0 Å². The maximum atomic E-state index is 11.9. The minimum Gasteiger partial charge on any atom is -0.495 e. The van der Waals surface area contributed by atoms with Gasteiger partial charge >= 0.3 is 0 Å². The van der Waals surface area contributed by atoms with Crippen LogP contribution in [0.25, 0.3) is 0 Å². The molecule has 170 valence electrons. The standard InChI is InChI=1S/C25H38N4O2/c1-20-6-11-24(31-2)23(19-20)29-17-15-28(16-18-29)14-12-21-7-9-22(10-8-21)27-25(30)5-3-4-13-26/h6,11,19,21-22H,3-5,7-10,12,14-18H2,1-2H3,(H,27,30)/t21-,22-. The maximum Gasteiger partial charge on any atom is 0.220 e. The molecule has 6 nitrogen and oxygen atoms in total. The molecule has 0 aromatic heterocycles. The fraction of sp³-hybridized carbons (Fsp3) is 0.680. The minimum absolute atomic E-state index is 0.113. The highest BCUT2D eigenvalue weighted by molar-refractivity contribution is 5.76. The minimum atomic E-state index is 0.113. The van der Waals surface area contributed by atoms with Gasteiger partial charge in [-0.05, 0) is 75.6 Å². The molecule has 0 spiro atoms. The van der Waals surface area contributed by atoms with Gasteiger partial charge in [0.25, 0.3) is 0 Å². The third kappa shape index (κ3) is 7.14. The van der Waals surface area contributed by atoms with E-state index in [1.54, 1.807) is 7.11 Å². The highest BCUT2D eigenvalue weighted by Crippen LogP contribution is 2.31. The Hall–Kier alpha value is -2.26. The molecule has 1 saturated carbocycles. The Balaban J connectivity index is 1.33. The number of rotatable bonds is 9. The highest BCUT2D eigenvalue weighted by atomic mass is 16.5. The number of anilines is 1. The molecule has 1 aromatic carbocycles. The van der Waals surface area contributed by atoms with Crippen molar-refractivity contribution < 1.29 is 9.53 Å². The Morgan fingerprint density at radius 2 is 1.94 bits per heavy atom. The van der Waals surface area contributed by atoms with Crippen LogP contribution in [0.3, 0.4) is 0 Å². The number of nitrogens with one attached hydrogen (secondary N) is 1. The van der Waals surface area contributed by atoms with Gasteiger partial charge in [-0.3, -0.25) is 9.69 Å². The van der Waals surface area contributed by atoms with Crippen LogP contribution in [-0.2, 0) is 4.79 Å². The van der Waals surface area contributed by atoms with Crippen LogP contribution < -0.4 is 15.0 Å². The van der Waals surface area contributed by atoms with Gasteiger partial charge in [-0.1, -0.05) is 6.07 Å². The molecule has 1 aromatic rings. The molecule has 2 aliphatic rings. The SMILES string of the molecule is COc1ccc(C)cc1N1CCN(CC[C@H]2CC[C@H](NC(=O)CCCC#N)CC2)CC1. The zero-order chi connectivity index (χ0) is 22.1. The van der Waals surface area contributed by atoms with Crippen LogP contribution in [0.15, 0.2) is 18.2 Å². The number of benzene rings is 1. The first kappa shape index (κ1) is 23.4. The second kappa shape index (κ2) is 12.0. The number of methoxy groups -OCH3 is 1. The van der Waals surface area contributed by atoms with Crippen molar-refractivity contribution in [3.63, 3.8) is 0 Å². The number of carbonyl (C=O) groups excluding carboxylic acids is 1. The molecule has 0 radical (unpaired) electrons. The number of nitrogens with zero attached hydrogens (tertiary/aromatic N) is 3. The van der Waals surface area contributed by atoms with Crippen LogP contribution >= 0.6 is 0 Å². The van der Waals surface area contributed by atoms with E-state index >= 15 is 0 Å². The number of aryl methyl sites for hydroxylation is 1. The second-order valence-electron chi connectivity index (χ2n) is 9.09. The number of nitriles is 1. The van der Waals surface area contributed by atoms with Crippen LogP contribution in [0.5, 0.6) is 5.75 Å². The molecule has 1 aliphatic carbocycles. The Kier molecular flexibility index (Phi) is 9.02. The van der Waals surface area contributed by atoms with Crippen LogP contribution in [0.4, 0.5) is 5.69 Å². The summed E-state index contributed by atoms with van der Waals surface area (Å²) in [5.74, 6) is 1.86. The number of carbonyl (C=O) groups is 1. The number of hydrogen-bond donors (Lipinski definition) is 1. The lowest BCUT2D eigenvalue weighted by Crippen LogP contribution is -2.47. The van der Waals surface area contributed by atoms with Crippen LogP contribution in [0, 0.1) is 24.2 Å². The Bertz CT molecular complexity index is 744. The monoisotopic (exact) mass is 426 g/mol. The van der Waals surface area contributed by atoms with E-state index in [1.807, 2.05) is 0 Å². The van der Waals surface area contributed by atoms with Crippen LogP contribution in [0.1, 0.15) is 56.9 Å². The van der Waals surface area contributed by atoms with E-state index < -0.39 is 0 Å². The predicted molar refractivity (Wildman–Crippen MR) is 124 cm³/mol. The van der Waals surface area contributed by atoms with Gasteiger partial charge in [0.05, 0.1) is 18.9 Å². The molecule has 1 saturated heterocycles. The summed E-state index contributed by atoms with van der Waals surface area (Å²) in [7, 11) is 1.75. The summed E-state index contributed by atoms with van der Waals surface area (Å²) in [5, 5.41) is 11.7. The van der Waals surface area contributed by atoms with Gasteiger partial charge in [-0.2, -0.15) is 5.26 Å². The fourth-order valence-electron chi connectivity index (χ4n) is 4.85. The van der Waals surface area contributed by atoms with E-state index in [4.69, 9.17) is 10.00 Å². The quantitative estimate of drug-likeness (QED) is 0.607. The van der Waals surface area contributed by atoms with E-state index in [1.165, 1.54) is 37.1 Å². The van der Waals surface area contributed by atoms with Gasteiger partial charge in [0.15, 0.2) is 0 Å². The highest BCUT2D eigenvalue weighted by Gasteiger charge is 2.24. The number of hydrogen-bond acceptors (Lipinski definition) is 5. The van der Waals surface area contributed by atoms with Crippen molar-refractivity contribution in [3.05, 3.63) is 23.8 Å². The van der Waals surface area contributed by atoms with E-state index in [-0.39, 0.29) is 5.91 Å². The Morgan fingerprint density at radius 3 is 2.61 bits per heavy atom. The molecule has 2 fully saturated rings. The lowest BCUT2D eigenvalue weighted by atomic mass is 9.84. The summed E-state index contributed by atoms with van der Waals surface area (Å²) in [6, 6.07) is 8.84. The zero-order valence-corrected chi connectivity index (χ0v) is 19.2. The molecule has 31 heavy (non-hydrogen) atoms. The van der Waals surface area contributed by atoms with Gasteiger partial charge in [-0.25, -0.2) is 0 Å². The molecular formula is C25H38N4O2. The van der Waals surface area contributed by atoms with Crippen molar-refractivity contribution in [1.29, 1.82) is 5.26 Å². The van der Waals surface area contributed by atoms with Crippen LogP contribution in [0.2, 0.25) is 0 Å². The average molecular weight is 427 g/mol. The number of ether oxygens (including phenoxy) is 1. The first-order valence-corrected chi connectivity index (χ1v) is 11.9.